The van der Waals surface area contributed by atoms with Gasteiger partial charge >= 0.3 is 36.1 Å². The second-order valence-electron chi connectivity index (χ2n) is 18.4. The normalized spacial score (nSPS) is 11.8. The van der Waals surface area contributed by atoms with Crippen LogP contribution in [0.15, 0.2) is 128 Å². The van der Waals surface area contributed by atoms with Crippen molar-refractivity contribution in [3.05, 3.63) is 162 Å². The Morgan fingerprint density at radius 2 is 1.10 bits per heavy atom. The van der Waals surface area contributed by atoms with E-state index >= 15 is 0 Å². The Hall–Kier alpha value is -7.90. The summed E-state index contributed by atoms with van der Waals surface area (Å²) in [5.41, 5.74) is -0.627. The Kier molecular flexibility index (Phi) is 19.2. The highest BCUT2D eigenvalue weighted by molar-refractivity contribution is 6.76. The number of aromatic amines is 1. The van der Waals surface area contributed by atoms with E-state index < -0.39 is 54.8 Å². The minimum atomic E-state index is -4.88. The van der Waals surface area contributed by atoms with E-state index in [0.717, 1.165) is 52.4 Å². The highest BCUT2D eigenvalue weighted by atomic mass is 28.3. The van der Waals surface area contributed by atoms with Crippen LogP contribution >= 0.6 is 0 Å². The van der Waals surface area contributed by atoms with E-state index in [9.17, 15) is 45.5 Å². The Bertz CT molecular complexity index is 3500. The lowest BCUT2D eigenvalue weighted by Crippen LogP contribution is -2.41. The fourth-order valence-corrected chi connectivity index (χ4v) is 8.41. The Labute approximate surface area is 437 Å². The number of H-pyrrole nitrogens is 1. The van der Waals surface area contributed by atoms with Crippen molar-refractivity contribution in [1.82, 2.24) is 37.8 Å². The Morgan fingerprint density at radius 1 is 0.610 bits per heavy atom. The number of alkyl halides is 6. The number of aliphatic hydroxyl groups is 1. The molecule has 0 aliphatic carbocycles. The van der Waals surface area contributed by atoms with Gasteiger partial charge in [-0.25, -0.2) is 9.59 Å². The van der Waals surface area contributed by atoms with Gasteiger partial charge < -0.3 is 28.8 Å². The van der Waals surface area contributed by atoms with Crippen LogP contribution in [-0.4, -0.2) is 76.9 Å². The zero-order valence-electron chi connectivity index (χ0n) is 41.7. The van der Waals surface area contributed by atoms with Crippen LogP contribution in [0, 0.1) is 0 Å². The highest BCUT2D eigenvalue weighted by Crippen LogP contribution is 2.32. The van der Waals surface area contributed by atoms with Crippen molar-refractivity contribution in [3.63, 3.8) is 0 Å². The lowest BCUT2D eigenvalue weighted by Gasteiger charge is -2.16. The molecule has 0 spiro atoms. The van der Waals surface area contributed by atoms with Crippen LogP contribution in [0.25, 0.3) is 22.3 Å². The molecule has 0 atom stereocenters. The van der Waals surface area contributed by atoms with Gasteiger partial charge in [0.2, 0.25) is 0 Å². The molecule has 0 radical (unpaired) electrons. The number of hydrogen-bond acceptors (Lipinski definition) is 12. The van der Waals surface area contributed by atoms with E-state index in [1.54, 1.807) is 12.1 Å². The lowest BCUT2D eigenvalue weighted by molar-refractivity contribution is -0.275. The molecule has 4 aromatic carbocycles. The molecule has 0 saturated heterocycles. The number of rotatable bonds is 21. The van der Waals surface area contributed by atoms with Crippen molar-refractivity contribution in [2.45, 2.75) is 105 Å². The predicted molar refractivity (Wildman–Crippen MR) is 278 cm³/mol. The largest absolute Gasteiger partial charge is 0.573 e. The summed E-state index contributed by atoms with van der Waals surface area (Å²) in [6, 6.07) is 28.9. The van der Waals surface area contributed by atoms with Gasteiger partial charge in [0.05, 0.1) is 13.1 Å². The molecule has 0 fully saturated rings. The van der Waals surface area contributed by atoms with Crippen molar-refractivity contribution in [2.75, 3.05) is 13.2 Å². The first-order valence-electron chi connectivity index (χ1n) is 23.9. The summed E-state index contributed by atoms with van der Waals surface area (Å²) in [7, 11) is -1.40. The molecule has 2 N–H and O–H groups in total. The summed E-state index contributed by atoms with van der Waals surface area (Å²) in [5.74, 6) is -0.974. The molecule has 412 valence electrons. The minimum Gasteiger partial charge on any atom is -0.425 e. The maximum absolute atomic E-state index is 13.8. The van der Waals surface area contributed by atoms with Crippen molar-refractivity contribution < 1.29 is 55.1 Å². The van der Waals surface area contributed by atoms with Gasteiger partial charge in [0.1, 0.15) is 29.7 Å². The quantitative estimate of drug-likeness (QED) is 0.0393. The van der Waals surface area contributed by atoms with Gasteiger partial charge in [0.15, 0.2) is 22.3 Å². The second-order valence-corrected chi connectivity index (χ2v) is 24.0. The first-order valence-corrected chi connectivity index (χ1v) is 27.6. The molecule has 8 aromatic rings. The predicted octanol–water partition coefficient (Wildman–Crippen LogP) is 9.86. The van der Waals surface area contributed by atoms with E-state index in [0.29, 0.717) is 13.0 Å². The SMILES string of the molecule is C.CCCCn1c(=O)c2c(nc(Oc3cccc(OC(F)(F)F)c3)n2Cc2ccccc2)n(COCC[Si](C)(C)C)c1=O.O=c1[nH]c2nc(Oc3cccc(OC(F)(F)F)c3)n(Cc3ccccc3)c2c(=O)n1CCCO. The highest BCUT2D eigenvalue weighted by Gasteiger charge is 2.32. The summed E-state index contributed by atoms with van der Waals surface area (Å²) in [6.45, 7) is 9.21. The van der Waals surface area contributed by atoms with Gasteiger partial charge in [-0.2, -0.15) is 9.97 Å². The summed E-state index contributed by atoms with van der Waals surface area (Å²) < 4.78 is 108. The molecule has 18 nitrogen and oxygen atoms in total. The van der Waals surface area contributed by atoms with E-state index in [1.807, 2.05) is 55.5 Å². The maximum atomic E-state index is 13.8. The fraction of sp³-hybridized carbons (Fsp3) is 0.346. The first kappa shape index (κ1) is 58.4. The number of aliphatic hydroxyl groups excluding tert-OH is 1. The van der Waals surface area contributed by atoms with Crippen LogP contribution < -0.4 is 41.4 Å². The van der Waals surface area contributed by atoms with E-state index in [-0.39, 0.29) is 99.2 Å². The Morgan fingerprint density at radius 3 is 1.61 bits per heavy atom. The number of ether oxygens (including phenoxy) is 5. The summed E-state index contributed by atoms with van der Waals surface area (Å²) in [6.07, 6.45) is -8.19. The van der Waals surface area contributed by atoms with E-state index in [1.165, 1.54) is 42.5 Å². The number of unbranched alkanes of at least 4 members (excludes halogenated alkanes) is 1. The van der Waals surface area contributed by atoms with Crippen molar-refractivity contribution >= 4 is 30.4 Å². The van der Waals surface area contributed by atoms with Gasteiger partial charge in [-0.1, -0.05) is 113 Å². The van der Waals surface area contributed by atoms with Crippen LogP contribution in [0.4, 0.5) is 26.3 Å². The molecule has 0 bridgehead atoms. The summed E-state index contributed by atoms with van der Waals surface area (Å²) in [5, 5.41) is 9.09. The van der Waals surface area contributed by atoms with Crippen molar-refractivity contribution in [3.8, 4) is 35.0 Å². The van der Waals surface area contributed by atoms with Gasteiger partial charge in [-0.05, 0) is 54.3 Å². The number of hydrogen-bond donors (Lipinski definition) is 2. The number of benzene rings is 4. The molecular weight excluding hydrogens is 1040 g/mol. The minimum absolute atomic E-state index is 0. The molecular formula is C52H58F6N8O10Si. The molecule has 0 amide bonds. The average Bonchev–Trinajstić information content (AvgIpc) is 3.94. The molecule has 77 heavy (non-hydrogen) atoms. The van der Waals surface area contributed by atoms with Crippen LogP contribution in [0.3, 0.4) is 0 Å². The number of halogens is 6. The van der Waals surface area contributed by atoms with Gasteiger partial charge in [0, 0.05) is 46.5 Å². The van der Waals surface area contributed by atoms with E-state index in [2.05, 4.69) is 44.1 Å². The number of fused-ring (bicyclic) bond motifs is 2. The third-order valence-corrected chi connectivity index (χ3v) is 13.0. The summed E-state index contributed by atoms with van der Waals surface area (Å²) in [4.78, 5) is 64.2. The zero-order valence-corrected chi connectivity index (χ0v) is 42.7. The number of imidazole rings is 2. The molecule has 0 unspecified atom stereocenters. The third-order valence-electron chi connectivity index (χ3n) is 11.3. The van der Waals surface area contributed by atoms with Crippen molar-refractivity contribution in [1.29, 1.82) is 0 Å². The topological polar surface area (TPSA) is 201 Å². The van der Waals surface area contributed by atoms with Crippen LogP contribution in [0.1, 0.15) is 44.7 Å². The Balaban J connectivity index is 0.000000251. The van der Waals surface area contributed by atoms with Crippen LogP contribution in [-0.2, 0) is 37.6 Å². The molecule has 4 heterocycles. The van der Waals surface area contributed by atoms with Crippen molar-refractivity contribution in [2.24, 2.45) is 0 Å². The summed E-state index contributed by atoms with van der Waals surface area (Å²) >= 11 is 0. The van der Waals surface area contributed by atoms with Gasteiger partial charge in [-0.3, -0.25) is 37.4 Å². The molecule has 4 aromatic heterocycles. The molecule has 8 rings (SSSR count). The first-order chi connectivity index (χ1) is 36.1. The van der Waals surface area contributed by atoms with Crippen LogP contribution in [0.2, 0.25) is 25.7 Å². The van der Waals surface area contributed by atoms with Crippen LogP contribution in [0.5, 0.6) is 35.0 Å². The number of nitrogens with zero attached hydrogens (tertiary/aromatic N) is 7. The average molecular weight is 1100 g/mol. The molecule has 0 aliphatic rings. The standard InChI is InChI=1S/C29H35F3N4O5Si.C22H19F3N4O5.CH4/c1-5-6-15-34-26(37)24-25(36(28(34)38)20-39-16-17-42(2,3)4)33-27(35(24)19-21-11-8-7-9-12-21)40-22-13-10-14-23(18-22)41-29(30,31)32;23-22(24,25)34-16-9-4-8-15(12-16)33-21-27-18-17(29(21)13-14-6-2-1-3-7-14)19(31)28(10-5-11-30)20(32)26-18;/h7-14,18H,5-6,15-17,19-20H2,1-4H3;1-4,6-9,12,30H,5,10-11,13H2,(H,26,32);1H4. The molecule has 0 saturated carbocycles. The fourth-order valence-electron chi connectivity index (χ4n) is 7.65. The number of nitrogens with one attached hydrogen (secondary N) is 1. The number of aromatic nitrogens is 8. The smallest absolute Gasteiger partial charge is 0.425 e. The maximum Gasteiger partial charge on any atom is 0.573 e. The van der Waals surface area contributed by atoms with E-state index in [4.69, 9.17) is 19.3 Å². The van der Waals surface area contributed by atoms with Gasteiger partial charge in [0.25, 0.3) is 11.1 Å². The third kappa shape index (κ3) is 15.6. The molecule has 0 aliphatic heterocycles. The molecule has 25 heteroatoms. The van der Waals surface area contributed by atoms with Gasteiger partial charge in [-0.15, -0.1) is 26.3 Å². The zero-order chi connectivity index (χ0) is 54.8. The monoisotopic (exact) mass is 1100 g/mol. The lowest BCUT2D eigenvalue weighted by atomic mass is 10.2. The second kappa shape index (κ2) is 25.3.